The lowest BCUT2D eigenvalue weighted by Gasteiger charge is -1.93. The second kappa shape index (κ2) is 4.35. The van der Waals surface area contributed by atoms with E-state index in [-0.39, 0.29) is 5.91 Å². The molecule has 15 heavy (non-hydrogen) atoms. The lowest BCUT2D eigenvalue weighted by Crippen LogP contribution is -2.21. The number of furan rings is 1. The molecular weight excluding hydrogens is 212 g/mol. The maximum atomic E-state index is 11.4. The van der Waals surface area contributed by atoms with E-state index in [0.717, 1.165) is 5.75 Å². The minimum atomic E-state index is -0.178. The molecule has 4 nitrogen and oxygen atoms in total. The Kier molecular flexibility index (Phi) is 2.91. The molecule has 1 aliphatic rings. The number of amides is 1. The summed E-state index contributed by atoms with van der Waals surface area (Å²) >= 11 is 1.51. The number of thioether (sulfide) groups is 1. The van der Waals surface area contributed by atoms with Gasteiger partial charge in [-0.05, 0) is 17.9 Å². The van der Waals surface area contributed by atoms with Crippen molar-refractivity contribution in [2.45, 2.75) is 6.92 Å². The number of hydrogen-bond donors (Lipinski definition) is 1. The third kappa shape index (κ3) is 2.30. The van der Waals surface area contributed by atoms with E-state index in [9.17, 15) is 4.79 Å². The normalized spacial score (nSPS) is 18.1. The zero-order chi connectivity index (χ0) is 10.7. The molecule has 0 saturated carbocycles. The number of rotatable bonds is 2. The highest BCUT2D eigenvalue weighted by Gasteiger charge is 2.19. The summed E-state index contributed by atoms with van der Waals surface area (Å²) in [6, 6.07) is 3.55. The van der Waals surface area contributed by atoms with Crippen molar-refractivity contribution in [2.24, 2.45) is 4.99 Å². The summed E-state index contributed by atoms with van der Waals surface area (Å²) in [5, 5.41) is 3.33. The molecule has 1 aromatic rings. The Labute approximate surface area is 91.4 Å². The van der Waals surface area contributed by atoms with Crippen LogP contribution in [0.3, 0.4) is 0 Å². The van der Waals surface area contributed by atoms with Crippen LogP contribution in [-0.4, -0.2) is 16.8 Å². The summed E-state index contributed by atoms with van der Waals surface area (Å²) in [7, 11) is 0. The fourth-order valence-electron chi connectivity index (χ4n) is 1.16. The number of nitrogens with zero attached hydrogens (tertiary/aromatic N) is 1. The van der Waals surface area contributed by atoms with Crippen LogP contribution >= 0.6 is 11.8 Å². The topological polar surface area (TPSA) is 54.6 Å². The van der Waals surface area contributed by atoms with E-state index in [1.54, 1.807) is 24.5 Å². The lowest BCUT2D eigenvalue weighted by atomic mass is 10.3. The molecule has 78 valence electrons. The Balaban J connectivity index is 2.19. The van der Waals surface area contributed by atoms with Crippen molar-refractivity contribution in [3.8, 4) is 0 Å². The zero-order valence-corrected chi connectivity index (χ0v) is 9.00. The monoisotopic (exact) mass is 222 g/mol. The van der Waals surface area contributed by atoms with Gasteiger partial charge < -0.3 is 4.42 Å². The van der Waals surface area contributed by atoms with Gasteiger partial charge in [-0.3, -0.25) is 10.1 Å². The highest BCUT2D eigenvalue weighted by molar-refractivity contribution is 8.13. The van der Waals surface area contributed by atoms with Crippen LogP contribution in [0.1, 0.15) is 12.7 Å². The molecule has 0 fully saturated rings. The van der Waals surface area contributed by atoms with Crippen molar-refractivity contribution in [1.82, 2.24) is 5.32 Å². The van der Waals surface area contributed by atoms with Crippen molar-refractivity contribution in [3.63, 3.8) is 0 Å². The van der Waals surface area contributed by atoms with Gasteiger partial charge >= 0.3 is 0 Å². The van der Waals surface area contributed by atoms with E-state index in [2.05, 4.69) is 10.3 Å². The minimum Gasteiger partial charge on any atom is -0.465 e. The van der Waals surface area contributed by atoms with E-state index in [0.29, 0.717) is 16.6 Å². The second-order valence-electron chi connectivity index (χ2n) is 2.85. The van der Waals surface area contributed by atoms with Gasteiger partial charge in [-0.2, -0.15) is 0 Å². The SMILES string of the molecule is CCSC1=N/C(=C/c2ccco2)C(=O)N1. The first-order valence-corrected chi connectivity index (χ1v) is 5.56. The van der Waals surface area contributed by atoms with Crippen LogP contribution in [0.25, 0.3) is 6.08 Å². The average Bonchev–Trinajstić information content (AvgIpc) is 2.79. The van der Waals surface area contributed by atoms with Crippen molar-refractivity contribution in [2.75, 3.05) is 5.75 Å². The highest BCUT2D eigenvalue weighted by atomic mass is 32.2. The molecule has 1 amide bonds. The Bertz CT molecular complexity index is 421. The molecule has 0 aromatic carbocycles. The first-order valence-electron chi connectivity index (χ1n) is 4.57. The Morgan fingerprint density at radius 1 is 1.67 bits per heavy atom. The molecule has 0 spiro atoms. The second-order valence-corrected chi connectivity index (χ2v) is 4.10. The number of aliphatic imine (C=N–C) groups is 1. The molecule has 2 rings (SSSR count). The molecule has 0 atom stereocenters. The van der Waals surface area contributed by atoms with Gasteiger partial charge in [0.2, 0.25) is 0 Å². The summed E-state index contributed by atoms with van der Waals surface area (Å²) in [5.41, 5.74) is 0.390. The van der Waals surface area contributed by atoms with Gasteiger partial charge in [0.25, 0.3) is 5.91 Å². The van der Waals surface area contributed by atoms with Crippen molar-refractivity contribution < 1.29 is 9.21 Å². The van der Waals surface area contributed by atoms with Gasteiger partial charge in [0.15, 0.2) is 5.17 Å². The molecule has 0 bridgehead atoms. The van der Waals surface area contributed by atoms with Gasteiger partial charge in [0, 0.05) is 6.08 Å². The van der Waals surface area contributed by atoms with Crippen LogP contribution in [0.5, 0.6) is 0 Å². The smallest absolute Gasteiger partial charge is 0.276 e. The lowest BCUT2D eigenvalue weighted by molar-refractivity contribution is -0.115. The standard InChI is InChI=1S/C10H10N2O2S/c1-2-15-10-11-8(9(13)12-10)6-7-4-3-5-14-7/h3-6H,2H2,1H3,(H,11,12,13)/b8-6+. The van der Waals surface area contributed by atoms with E-state index < -0.39 is 0 Å². The van der Waals surface area contributed by atoms with Crippen LogP contribution in [0.15, 0.2) is 33.5 Å². The summed E-state index contributed by atoms with van der Waals surface area (Å²) in [4.78, 5) is 15.6. The molecule has 5 heteroatoms. The van der Waals surface area contributed by atoms with Gasteiger partial charge in [-0.1, -0.05) is 18.7 Å². The molecular formula is C10H10N2O2S. The first-order chi connectivity index (χ1) is 7.29. The van der Waals surface area contributed by atoms with E-state index in [4.69, 9.17) is 4.42 Å². The fourth-order valence-corrected chi connectivity index (χ4v) is 1.76. The van der Waals surface area contributed by atoms with Crippen molar-refractivity contribution >= 4 is 28.9 Å². The molecule has 0 aliphatic carbocycles. The van der Waals surface area contributed by atoms with Crippen molar-refractivity contribution in [3.05, 3.63) is 29.9 Å². The van der Waals surface area contributed by atoms with Gasteiger partial charge in [0.1, 0.15) is 11.5 Å². The predicted octanol–water partition coefficient (Wildman–Crippen LogP) is 1.86. The Morgan fingerprint density at radius 2 is 2.53 bits per heavy atom. The zero-order valence-electron chi connectivity index (χ0n) is 8.19. The predicted molar refractivity (Wildman–Crippen MR) is 60.4 cm³/mol. The molecule has 1 aliphatic heterocycles. The third-order valence-corrected chi connectivity index (χ3v) is 2.53. The summed E-state index contributed by atoms with van der Waals surface area (Å²) in [6.45, 7) is 2.01. The largest absolute Gasteiger partial charge is 0.465 e. The Morgan fingerprint density at radius 3 is 3.20 bits per heavy atom. The first kappa shape index (κ1) is 10.0. The maximum absolute atomic E-state index is 11.4. The Hall–Kier alpha value is -1.49. The average molecular weight is 222 g/mol. The van der Waals surface area contributed by atoms with E-state index in [1.807, 2.05) is 6.92 Å². The number of carbonyl (C=O) groups excluding carboxylic acids is 1. The van der Waals surface area contributed by atoms with Gasteiger partial charge in [0.05, 0.1) is 6.26 Å². The summed E-state index contributed by atoms with van der Waals surface area (Å²) in [6.07, 6.45) is 3.18. The van der Waals surface area contributed by atoms with E-state index >= 15 is 0 Å². The van der Waals surface area contributed by atoms with Crippen LogP contribution in [-0.2, 0) is 4.79 Å². The summed E-state index contributed by atoms with van der Waals surface area (Å²) < 4.78 is 5.11. The molecule has 0 saturated heterocycles. The number of amidine groups is 1. The highest BCUT2D eigenvalue weighted by Crippen LogP contribution is 2.16. The van der Waals surface area contributed by atoms with Crippen LogP contribution < -0.4 is 5.32 Å². The third-order valence-electron chi connectivity index (χ3n) is 1.78. The minimum absolute atomic E-state index is 0.178. The van der Waals surface area contributed by atoms with Crippen molar-refractivity contribution in [1.29, 1.82) is 0 Å². The number of nitrogens with one attached hydrogen (secondary N) is 1. The number of carbonyl (C=O) groups is 1. The maximum Gasteiger partial charge on any atom is 0.276 e. The van der Waals surface area contributed by atoms with Gasteiger partial charge in [-0.15, -0.1) is 0 Å². The van der Waals surface area contributed by atoms with Crippen LogP contribution in [0, 0.1) is 0 Å². The molecule has 1 aromatic heterocycles. The number of hydrogen-bond acceptors (Lipinski definition) is 4. The van der Waals surface area contributed by atoms with E-state index in [1.165, 1.54) is 11.8 Å². The molecule has 2 heterocycles. The quantitative estimate of drug-likeness (QED) is 0.777. The summed E-state index contributed by atoms with van der Waals surface area (Å²) in [5.74, 6) is 1.33. The van der Waals surface area contributed by atoms with Crippen LogP contribution in [0.2, 0.25) is 0 Å². The molecule has 0 radical (unpaired) electrons. The fraction of sp³-hybridized carbons (Fsp3) is 0.200. The van der Waals surface area contributed by atoms with Gasteiger partial charge in [-0.25, -0.2) is 4.99 Å². The molecule has 0 unspecified atom stereocenters. The van der Waals surface area contributed by atoms with Crippen LogP contribution in [0.4, 0.5) is 0 Å². The molecule has 1 N–H and O–H groups in total.